The number of aliphatic hydroxyl groups excluding tert-OH is 1. The first-order valence-corrected chi connectivity index (χ1v) is 17.1. The number of carbonyl (C=O) groups is 4. The Bertz CT molecular complexity index is 1570. The van der Waals surface area contributed by atoms with Crippen molar-refractivity contribution in [1.29, 1.82) is 0 Å². The smallest absolute Gasteiger partial charge is 0.327 e. The number of aliphatic hydroxyl groups is 1. The molecule has 13 nitrogen and oxygen atoms in total. The van der Waals surface area contributed by atoms with Crippen molar-refractivity contribution < 1.29 is 48.1 Å². The zero-order valence-electron chi connectivity index (χ0n) is 27.0. The second-order valence-corrected chi connectivity index (χ2v) is 14.7. The first kappa shape index (κ1) is 34.7. The van der Waals surface area contributed by atoms with Crippen LogP contribution in [-0.2, 0) is 51.3 Å². The number of benzene rings is 2. The minimum Gasteiger partial charge on any atom is -0.460 e. The van der Waals surface area contributed by atoms with Crippen molar-refractivity contribution in [2.45, 2.75) is 95.2 Å². The van der Waals surface area contributed by atoms with Crippen molar-refractivity contribution in [2.24, 2.45) is 5.41 Å². The van der Waals surface area contributed by atoms with Crippen LogP contribution in [0.15, 0.2) is 48.5 Å². The third kappa shape index (κ3) is 6.96. The molecule has 2 bridgehead atoms. The van der Waals surface area contributed by atoms with Gasteiger partial charge in [-0.1, -0.05) is 30.3 Å². The van der Waals surface area contributed by atoms with Crippen LogP contribution in [0.4, 0.5) is 0 Å². The maximum absolute atomic E-state index is 14.3. The summed E-state index contributed by atoms with van der Waals surface area (Å²) in [6.07, 6.45) is -2.14. The number of ether oxygens (including phenoxy) is 4. The molecule has 1 saturated carbocycles. The third-order valence-corrected chi connectivity index (χ3v) is 10.1. The molecular formula is C34H40IN3O10. The molecule has 4 fully saturated rings. The van der Waals surface area contributed by atoms with E-state index in [2.05, 4.69) is 33.2 Å². The molecule has 48 heavy (non-hydrogen) atoms. The van der Waals surface area contributed by atoms with Crippen LogP contribution in [0.1, 0.15) is 61.5 Å². The Balaban J connectivity index is 1.15. The van der Waals surface area contributed by atoms with E-state index in [9.17, 15) is 24.3 Å². The number of fused-ring (bicyclic) bond motifs is 4. The number of rotatable bonds is 11. The van der Waals surface area contributed by atoms with Crippen molar-refractivity contribution in [3.63, 3.8) is 0 Å². The molecule has 3 N–H and O–H groups in total. The van der Waals surface area contributed by atoms with Gasteiger partial charge in [-0.2, -0.15) is 5.06 Å². The molecular weight excluding hydrogens is 737 g/mol. The highest BCUT2D eigenvalue weighted by atomic mass is 127. The van der Waals surface area contributed by atoms with E-state index in [1.165, 1.54) is 0 Å². The van der Waals surface area contributed by atoms with Crippen LogP contribution in [-0.4, -0.2) is 89.4 Å². The maximum Gasteiger partial charge on any atom is 0.327 e. The molecule has 0 aromatic heterocycles. The van der Waals surface area contributed by atoms with Gasteiger partial charge in [0.05, 0.1) is 19.2 Å². The topological polar surface area (TPSA) is 162 Å². The lowest BCUT2D eigenvalue weighted by molar-refractivity contribution is -0.201. The molecule has 2 aromatic carbocycles. The first-order valence-electron chi connectivity index (χ1n) is 16.0. The van der Waals surface area contributed by atoms with Crippen LogP contribution in [0.25, 0.3) is 0 Å². The molecule has 3 saturated heterocycles. The average Bonchev–Trinajstić information content (AvgIpc) is 3.67. The predicted molar refractivity (Wildman–Crippen MR) is 177 cm³/mol. The van der Waals surface area contributed by atoms with E-state index in [1.807, 2.05) is 24.3 Å². The van der Waals surface area contributed by atoms with Gasteiger partial charge in [0, 0.05) is 28.5 Å². The van der Waals surface area contributed by atoms with Crippen LogP contribution in [0.2, 0.25) is 0 Å². The van der Waals surface area contributed by atoms with Gasteiger partial charge in [0.15, 0.2) is 6.04 Å². The van der Waals surface area contributed by atoms with Gasteiger partial charge in [-0.25, -0.2) is 0 Å². The quantitative estimate of drug-likeness (QED) is 0.227. The fourth-order valence-corrected chi connectivity index (χ4v) is 7.52. The number of halogens is 1. The molecule has 258 valence electrons. The molecule has 14 heteroatoms. The second-order valence-electron chi connectivity index (χ2n) is 13.6. The SMILES string of the molecule is CC(C)(C)OC(=O)CCC(CO)NC(=O)c1cccc(CNC(=O)C23CC4OC(=O)C2N(Cc2ccccc2I)OC3C2OCOC42)c1. The Morgan fingerprint density at radius 3 is 2.65 bits per heavy atom. The molecule has 3 aliphatic heterocycles. The number of esters is 2. The Morgan fingerprint density at radius 1 is 1.12 bits per heavy atom. The molecule has 0 spiro atoms. The summed E-state index contributed by atoms with van der Waals surface area (Å²) in [5, 5.41) is 17.1. The number of nitrogens with one attached hydrogen (secondary N) is 2. The summed E-state index contributed by atoms with van der Waals surface area (Å²) in [6, 6.07) is 12.8. The number of hydrogen-bond acceptors (Lipinski definition) is 11. The van der Waals surface area contributed by atoms with E-state index in [4.69, 9.17) is 23.8 Å². The molecule has 2 aromatic rings. The Kier molecular flexibility index (Phi) is 10.1. The van der Waals surface area contributed by atoms with Gasteiger partial charge in [0.25, 0.3) is 5.91 Å². The highest BCUT2D eigenvalue weighted by molar-refractivity contribution is 14.1. The lowest BCUT2D eigenvalue weighted by atomic mass is 9.62. The molecule has 3 heterocycles. The van der Waals surface area contributed by atoms with Crippen molar-refractivity contribution in [2.75, 3.05) is 13.4 Å². The van der Waals surface area contributed by atoms with Gasteiger partial charge < -0.3 is 34.7 Å². The summed E-state index contributed by atoms with van der Waals surface area (Å²) in [6.45, 7) is 5.31. The predicted octanol–water partition coefficient (Wildman–Crippen LogP) is 2.36. The molecule has 4 aliphatic rings. The number of nitrogens with zero attached hydrogens (tertiary/aromatic N) is 1. The number of hydrogen-bond donors (Lipinski definition) is 3. The van der Waals surface area contributed by atoms with Gasteiger partial charge >= 0.3 is 11.9 Å². The minimum absolute atomic E-state index is 0.00912. The Labute approximate surface area is 292 Å². The summed E-state index contributed by atoms with van der Waals surface area (Å²) < 4.78 is 23.8. The molecule has 1 aliphatic carbocycles. The van der Waals surface area contributed by atoms with Crippen LogP contribution < -0.4 is 10.6 Å². The van der Waals surface area contributed by atoms with Crippen LogP contribution in [0.5, 0.6) is 0 Å². The molecule has 7 unspecified atom stereocenters. The summed E-state index contributed by atoms with van der Waals surface area (Å²) in [5.41, 5.74) is -0.0223. The van der Waals surface area contributed by atoms with Gasteiger partial charge in [-0.3, -0.25) is 24.0 Å². The molecule has 2 amide bonds. The van der Waals surface area contributed by atoms with Crippen molar-refractivity contribution >= 4 is 46.3 Å². The van der Waals surface area contributed by atoms with Crippen LogP contribution in [0.3, 0.4) is 0 Å². The van der Waals surface area contributed by atoms with Gasteiger partial charge in [-0.15, -0.1) is 0 Å². The molecule has 6 rings (SSSR count). The van der Waals surface area contributed by atoms with E-state index in [-0.39, 0.29) is 51.7 Å². The highest BCUT2D eigenvalue weighted by Crippen LogP contribution is 2.55. The first-order chi connectivity index (χ1) is 22.9. The summed E-state index contributed by atoms with van der Waals surface area (Å²) in [5.74, 6) is -1.78. The maximum atomic E-state index is 14.3. The zero-order chi connectivity index (χ0) is 34.2. The van der Waals surface area contributed by atoms with Crippen LogP contribution >= 0.6 is 22.6 Å². The second kappa shape index (κ2) is 14.0. The van der Waals surface area contributed by atoms with E-state index < -0.39 is 65.4 Å². The van der Waals surface area contributed by atoms with Gasteiger partial charge in [0.1, 0.15) is 42.2 Å². The standard InChI is InChI=1S/C34H40IN3O10/c1-33(2,3)47-25(40)12-11-22(17-39)37-30(41)20-9-6-7-19(13-20)15-36-32(43)34-14-24-26-27(45-18-44-26)29(34)48-38(28(34)31(42)46-24)16-21-8-4-5-10-23(21)35/h4-10,13,22,24,26-29,39H,11-12,14-18H2,1-3H3,(H,36,43)(H,37,41). The summed E-state index contributed by atoms with van der Waals surface area (Å²) in [7, 11) is 0. The lowest BCUT2D eigenvalue weighted by Gasteiger charge is -2.48. The normalized spacial score (nSPS) is 28.3. The number of amides is 2. The Hall–Kier alpha value is -3.15. The van der Waals surface area contributed by atoms with Crippen LogP contribution in [0, 0.1) is 8.99 Å². The highest BCUT2D eigenvalue weighted by Gasteiger charge is 2.74. The average molecular weight is 778 g/mol. The Morgan fingerprint density at radius 2 is 1.90 bits per heavy atom. The largest absolute Gasteiger partial charge is 0.460 e. The minimum atomic E-state index is -1.30. The lowest BCUT2D eigenvalue weighted by Crippen LogP contribution is -2.69. The van der Waals surface area contributed by atoms with Crippen molar-refractivity contribution in [3.05, 3.63) is 68.8 Å². The van der Waals surface area contributed by atoms with Gasteiger partial charge in [0.2, 0.25) is 5.91 Å². The van der Waals surface area contributed by atoms with E-state index in [0.717, 1.165) is 9.13 Å². The van der Waals surface area contributed by atoms with Gasteiger partial charge in [-0.05, 0) is 79.1 Å². The molecule has 7 atom stereocenters. The van der Waals surface area contributed by atoms with E-state index in [0.29, 0.717) is 11.1 Å². The fraction of sp³-hybridized carbons (Fsp3) is 0.529. The van der Waals surface area contributed by atoms with E-state index in [1.54, 1.807) is 50.1 Å². The fourth-order valence-electron chi connectivity index (χ4n) is 6.96. The summed E-state index contributed by atoms with van der Waals surface area (Å²) in [4.78, 5) is 59.5. The molecule has 0 radical (unpaired) electrons. The van der Waals surface area contributed by atoms with Crippen molar-refractivity contribution in [1.82, 2.24) is 15.7 Å². The van der Waals surface area contributed by atoms with Crippen molar-refractivity contribution in [3.8, 4) is 0 Å². The summed E-state index contributed by atoms with van der Waals surface area (Å²) >= 11 is 2.23. The monoisotopic (exact) mass is 777 g/mol. The number of carbonyl (C=O) groups excluding carboxylic acids is 4. The zero-order valence-corrected chi connectivity index (χ0v) is 29.1. The van der Waals surface area contributed by atoms with E-state index >= 15 is 0 Å². The third-order valence-electron chi connectivity index (χ3n) is 9.09. The number of hydroxylamine groups is 2.